The van der Waals surface area contributed by atoms with Crippen molar-refractivity contribution in [1.82, 2.24) is 5.43 Å². The lowest BCUT2D eigenvalue weighted by Crippen LogP contribution is -2.34. The maximum atomic E-state index is 14.0. The summed E-state index contributed by atoms with van der Waals surface area (Å²) in [6, 6.07) is 2.86. The molecule has 0 aliphatic carbocycles. The number of nitrogens with two attached hydrogens (primary N) is 1. The Morgan fingerprint density at radius 2 is 2.11 bits per heavy atom. The predicted molar refractivity (Wildman–Crippen MR) is 74.9 cm³/mol. The Morgan fingerprint density at radius 1 is 1.50 bits per heavy atom. The van der Waals surface area contributed by atoms with E-state index >= 15 is 0 Å². The van der Waals surface area contributed by atoms with E-state index in [2.05, 4.69) is 21.4 Å². The second kappa shape index (κ2) is 6.30. The maximum Gasteiger partial charge on any atom is 0.147 e. The zero-order valence-electron chi connectivity index (χ0n) is 10.6. The lowest BCUT2D eigenvalue weighted by Gasteiger charge is -2.24. The summed E-state index contributed by atoms with van der Waals surface area (Å²) in [6.07, 6.45) is 0. The van der Waals surface area contributed by atoms with Gasteiger partial charge in [-0.2, -0.15) is 0 Å². The van der Waals surface area contributed by atoms with Gasteiger partial charge in [-0.05, 0) is 42.8 Å². The summed E-state index contributed by atoms with van der Waals surface area (Å²) in [5.41, 5.74) is 2.61. The highest BCUT2D eigenvalue weighted by atomic mass is 79.9. The van der Waals surface area contributed by atoms with Gasteiger partial charge in [0.15, 0.2) is 0 Å². The van der Waals surface area contributed by atoms with Crippen LogP contribution in [0.25, 0.3) is 0 Å². The van der Waals surface area contributed by atoms with Crippen molar-refractivity contribution in [2.24, 2.45) is 5.84 Å². The fourth-order valence-corrected chi connectivity index (χ4v) is 1.85. The normalized spacial score (nSPS) is 13.7. The van der Waals surface area contributed by atoms with Crippen LogP contribution >= 0.6 is 27.5 Å². The van der Waals surface area contributed by atoms with Gasteiger partial charge in [0.05, 0.1) is 23.3 Å². The molecule has 1 rings (SSSR count). The molecule has 1 unspecified atom stereocenters. The fraction of sp³-hybridized carbons (Fsp3) is 0.500. The third-order valence-corrected chi connectivity index (χ3v) is 3.58. The lowest BCUT2D eigenvalue weighted by atomic mass is 10.1. The van der Waals surface area contributed by atoms with Crippen LogP contribution in [0.5, 0.6) is 0 Å². The Labute approximate surface area is 120 Å². The van der Waals surface area contributed by atoms with Crippen molar-refractivity contribution < 1.29 is 9.13 Å². The topological polar surface area (TPSA) is 47.3 Å². The van der Waals surface area contributed by atoms with Gasteiger partial charge in [0.25, 0.3) is 0 Å². The van der Waals surface area contributed by atoms with Crippen LogP contribution in [0.15, 0.2) is 16.6 Å². The van der Waals surface area contributed by atoms with Crippen LogP contribution in [0.2, 0.25) is 5.02 Å². The van der Waals surface area contributed by atoms with Gasteiger partial charge in [0.2, 0.25) is 0 Å². The smallest absolute Gasteiger partial charge is 0.147 e. The molecular weight excluding hydrogens is 322 g/mol. The zero-order chi connectivity index (χ0) is 13.9. The van der Waals surface area contributed by atoms with Crippen molar-refractivity contribution in [1.29, 1.82) is 0 Å². The average Bonchev–Trinajstić information content (AvgIpc) is 2.28. The molecule has 0 saturated heterocycles. The van der Waals surface area contributed by atoms with E-state index < -0.39 is 11.9 Å². The molecule has 0 bridgehead atoms. The predicted octanol–water partition coefficient (Wildman–Crippen LogP) is 3.56. The summed E-state index contributed by atoms with van der Waals surface area (Å²) in [7, 11) is 0. The quantitative estimate of drug-likeness (QED) is 0.501. The molecule has 0 aliphatic heterocycles. The van der Waals surface area contributed by atoms with Crippen LogP contribution in [0.1, 0.15) is 32.4 Å². The first kappa shape index (κ1) is 15.9. The monoisotopic (exact) mass is 338 g/mol. The number of halogens is 3. The molecule has 3 nitrogen and oxygen atoms in total. The highest BCUT2D eigenvalue weighted by molar-refractivity contribution is 9.10. The minimum absolute atomic E-state index is 0.0449. The standard InChI is InChI=1S/C12H17BrClFN2O/c1-12(2,3)18-6-9(17-16)7-4-5-8(13)10(14)11(7)15/h4-5,9,17H,6,16H2,1-3H3. The van der Waals surface area contributed by atoms with Crippen LogP contribution in [0.4, 0.5) is 4.39 Å². The van der Waals surface area contributed by atoms with Gasteiger partial charge in [-0.3, -0.25) is 11.3 Å². The molecule has 0 fully saturated rings. The Morgan fingerprint density at radius 3 is 2.61 bits per heavy atom. The second-order valence-corrected chi connectivity index (χ2v) is 6.14. The SMILES string of the molecule is CC(C)(C)OCC(NN)c1ccc(Br)c(Cl)c1F. The molecule has 0 aliphatic rings. The number of hydrazine groups is 1. The van der Waals surface area contributed by atoms with E-state index in [0.29, 0.717) is 10.0 Å². The van der Waals surface area contributed by atoms with Crippen molar-refractivity contribution in [3.8, 4) is 0 Å². The van der Waals surface area contributed by atoms with E-state index in [1.54, 1.807) is 12.1 Å². The Balaban J connectivity index is 2.92. The van der Waals surface area contributed by atoms with Crippen LogP contribution in [-0.2, 0) is 4.74 Å². The number of rotatable bonds is 4. The highest BCUT2D eigenvalue weighted by Crippen LogP contribution is 2.30. The summed E-state index contributed by atoms with van der Waals surface area (Å²) in [4.78, 5) is 0. The maximum absolute atomic E-state index is 14.0. The average molecular weight is 340 g/mol. The van der Waals surface area contributed by atoms with Crippen LogP contribution < -0.4 is 11.3 Å². The molecule has 1 aromatic carbocycles. The van der Waals surface area contributed by atoms with Gasteiger partial charge in [-0.1, -0.05) is 17.7 Å². The summed E-state index contributed by atoms with van der Waals surface area (Å²) in [5.74, 6) is 4.95. The summed E-state index contributed by atoms with van der Waals surface area (Å²) >= 11 is 9.01. The van der Waals surface area contributed by atoms with Crippen molar-refractivity contribution in [2.75, 3.05) is 6.61 Å². The molecule has 1 atom stereocenters. The number of nitrogens with one attached hydrogen (secondary N) is 1. The molecule has 0 saturated carbocycles. The van der Waals surface area contributed by atoms with Crippen molar-refractivity contribution >= 4 is 27.5 Å². The molecule has 0 radical (unpaired) electrons. The minimum Gasteiger partial charge on any atom is -0.374 e. The lowest BCUT2D eigenvalue weighted by molar-refractivity contribution is -0.0152. The number of hydrogen-bond acceptors (Lipinski definition) is 3. The Bertz CT molecular complexity index is 423. The molecule has 0 aromatic heterocycles. The van der Waals surface area contributed by atoms with Gasteiger partial charge in [0, 0.05) is 10.0 Å². The molecule has 3 N–H and O–H groups in total. The Kier molecular flexibility index (Phi) is 5.55. The minimum atomic E-state index is -0.494. The summed E-state index contributed by atoms with van der Waals surface area (Å²) in [6.45, 7) is 6.03. The van der Waals surface area contributed by atoms with Gasteiger partial charge in [-0.25, -0.2) is 4.39 Å². The molecule has 102 valence electrons. The van der Waals surface area contributed by atoms with E-state index in [0.717, 1.165) is 0 Å². The summed E-state index contributed by atoms with van der Waals surface area (Å²) in [5, 5.41) is 0.0449. The van der Waals surface area contributed by atoms with E-state index in [1.807, 2.05) is 20.8 Å². The molecule has 0 amide bonds. The van der Waals surface area contributed by atoms with Crippen LogP contribution in [-0.4, -0.2) is 12.2 Å². The van der Waals surface area contributed by atoms with Crippen molar-refractivity contribution in [3.63, 3.8) is 0 Å². The third-order valence-electron chi connectivity index (χ3n) is 2.32. The first-order chi connectivity index (χ1) is 8.26. The van der Waals surface area contributed by atoms with Crippen molar-refractivity contribution in [3.05, 3.63) is 33.0 Å². The van der Waals surface area contributed by atoms with Gasteiger partial charge in [0.1, 0.15) is 5.82 Å². The molecule has 6 heteroatoms. The largest absolute Gasteiger partial charge is 0.374 e. The fourth-order valence-electron chi connectivity index (χ4n) is 1.37. The first-order valence-electron chi connectivity index (χ1n) is 5.49. The van der Waals surface area contributed by atoms with E-state index in [9.17, 15) is 4.39 Å². The molecule has 0 spiro atoms. The molecule has 0 heterocycles. The van der Waals surface area contributed by atoms with Gasteiger partial charge < -0.3 is 4.74 Å². The number of benzene rings is 1. The highest BCUT2D eigenvalue weighted by Gasteiger charge is 2.21. The van der Waals surface area contributed by atoms with Gasteiger partial charge >= 0.3 is 0 Å². The van der Waals surface area contributed by atoms with E-state index in [-0.39, 0.29) is 17.2 Å². The third kappa shape index (κ3) is 4.17. The van der Waals surface area contributed by atoms with Crippen LogP contribution in [0, 0.1) is 5.82 Å². The number of hydrogen-bond donors (Lipinski definition) is 2. The number of ether oxygens (including phenoxy) is 1. The summed E-state index contributed by atoms with van der Waals surface area (Å²) < 4.78 is 20.1. The first-order valence-corrected chi connectivity index (χ1v) is 6.67. The van der Waals surface area contributed by atoms with E-state index in [1.165, 1.54) is 0 Å². The molecule has 18 heavy (non-hydrogen) atoms. The van der Waals surface area contributed by atoms with Gasteiger partial charge in [-0.15, -0.1) is 0 Å². The van der Waals surface area contributed by atoms with Crippen LogP contribution in [0.3, 0.4) is 0 Å². The molecular formula is C12H17BrClFN2O. The Hall–Kier alpha value is -0.200. The second-order valence-electron chi connectivity index (χ2n) is 4.91. The molecule has 1 aromatic rings. The zero-order valence-corrected chi connectivity index (χ0v) is 12.9. The van der Waals surface area contributed by atoms with E-state index in [4.69, 9.17) is 22.2 Å². The van der Waals surface area contributed by atoms with Crippen molar-refractivity contribution in [2.45, 2.75) is 32.4 Å².